The van der Waals surface area contributed by atoms with E-state index in [1.165, 1.54) is 56.9 Å². The predicted octanol–water partition coefficient (Wildman–Crippen LogP) is 3.65. The number of carbonyl (C=O) groups excluding carboxylic acids is 1. The molecule has 0 heterocycles. The SMILES string of the molecule is CC(C)N(CC(=O)NCCC1=CCCCC1)C1CCCC1. The second-order valence-electron chi connectivity index (χ2n) is 6.91. The van der Waals surface area contributed by atoms with Crippen LogP contribution in [-0.2, 0) is 4.79 Å². The Bertz CT molecular complexity index is 356. The van der Waals surface area contributed by atoms with E-state index in [1.54, 1.807) is 0 Å². The van der Waals surface area contributed by atoms with Crippen LogP contribution in [0.15, 0.2) is 11.6 Å². The Morgan fingerprint density at radius 3 is 2.67 bits per heavy atom. The Labute approximate surface area is 130 Å². The maximum absolute atomic E-state index is 12.2. The smallest absolute Gasteiger partial charge is 0.234 e. The lowest BCUT2D eigenvalue weighted by Crippen LogP contribution is -2.45. The Kier molecular flexibility index (Phi) is 6.75. The number of nitrogens with one attached hydrogen (secondary N) is 1. The van der Waals surface area contributed by atoms with Crippen LogP contribution in [0, 0.1) is 0 Å². The molecular formula is C18H32N2O. The van der Waals surface area contributed by atoms with Gasteiger partial charge in [-0.3, -0.25) is 9.69 Å². The average Bonchev–Trinajstić information content (AvgIpc) is 2.99. The van der Waals surface area contributed by atoms with E-state index in [0.717, 1.165) is 13.0 Å². The van der Waals surface area contributed by atoms with Crippen molar-refractivity contribution in [3.05, 3.63) is 11.6 Å². The van der Waals surface area contributed by atoms with Gasteiger partial charge in [-0.15, -0.1) is 0 Å². The zero-order valence-electron chi connectivity index (χ0n) is 13.9. The van der Waals surface area contributed by atoms with Crippen LogP contribution < -0.4 is 5.32 Å². The maximum Gasteiger partial charge on any atom is 0.234 e. The van der Waals surface area contributed by atoms with Crippen LogP contribution in [0.5, 0.6) is 0 Å². The van der Waals surface area contributed by atoms with Gasteiger partial charge in [0.25, 0.3) is 0 Å². The topological polar surface area (TPSA) is 32.3 Å². The lowest BCUT2D eigenvalue weighted by molar-refractivity contribution is -0.123. The summed E-state index contributed by atoms with van der Waals surface area (Å²) >= 11 is 0. The van der Waals surface area contributed by atoms with Gasteiger partial charge >= 0.3 is 0 Å². The van der Waals surface area contributed by atoms with Crippen molar-refractivity contribution < 1.29 is 4.79 Å². The van der Waals surface area contributed by atoms with Gasteiger partial charge < -0.3 is 5.32 Å². The van der Waals surface area contributed by atoms with E-state index in [9.17, 15) is 4.79 Å². The van der Waals surface area contributed by atoms with E-state index in [4.69, 9.17) is 0 Å². The lowest BCUT2D eigenvalue weighted by Gasteiger charge is -2.31. The van der Waals surface area contributed by atoms with Gasteiger partial charge in [0.05, 0.1) is 6.54 Å². The largest absolute Gasteiger partial charge is 0.355 e. The third kappa shape index (κ3) is 5.46. The molecule has 3 heteroatoms. The number of allylic oxidation sites excluding steroid dienone is 1. The molecule has 21 heavy (non-hydrogen) atoms. The van der Waals surface area contributed by atoms with E-state index in [2.05, 4.69) is 30.1 Å². The third-order valence-electron chi connectivity index (χ3n) is 4.94. The van der Waals surface area contributed by atoms with E-state index in [1.807, 2.05) is 0 Å². The molecule has 120 valence electrons. The number of hydrogen-bond donors (Lipinski definition) is 1. The van der Waals surface area contributed by atoms with E-state index < -0.39 is 0 Å². The number of carbonyl (C=O) groups is 1. The van der Waals surface area contributed by atoms with Crippen LogP contribution in [0.25, 0.3) is 0 Å². The molecule has 0 saturated heterocycles. The standard InChI is InChI=1S/C18H32N2O/c1-15(2)20(17-10-6-7-11-17)14-18(21)19-13-12-16-8-4-3-5-9-16/h8,15,17H,3-7,9-14H2,1-2H3,(H,19,21). The molecule has 1 amide bonds. The summed E-state index contributed by atoms with van der Waals surface area (Å²) in [7, 11) is 0. The number of hydrogen-bond acceptors (Lipinski definition) is 2. The third-order valence-corrected chi connectivity index (χ3v) is 4.94. The highest BCUT2D eigenvalue weighted by molar-refractivity contribution is 5.78. The summed E-state index contributed by atoms with van der Waals surface area (Å²) in [6.07, 6.45) is 13.7. The van der Waals surface area contributed by atoms with Gasteiger partial charge in [0.15, 0.2) is 0 Å². The Hall–Kier alpha value is -0.830. The molecule has 1 N–H and O–H groups in total. The van der Waals surface area contributed by atoms with Crippen molar-refractivity contribution in [1.82, 2.24) is 10.2 Å². The molecule has 0 atom stereocenters. The van der Waals surface area contributed by atoms with Crippen molar-refractivity contribution in [2.45, 2.75) is 83.7 Å². The van der Waals surface area contributed by atoms with Crippen LogP contribution >= 0.6 is 0 Å². The van der Waals surface area contributed by atoms with Crippen LogP contribution in [0.1, 0.15) is 71.6 Å². The average molecular weight is 292 g/mol. The molecule has 0 aromatic carbocycles. The van der Waals surface area contributed by atoms with Gasteiger partial charge in [-0.05, 0) is 58.8 Å². The van der Waals surface area contributed by atoms with Gasteiger partial charge in [0.2, 0.25) is 5.91 Å². The molecule has 0 aliphatic heterocycles. The highest BCUT2D eigenvalue weighted by atomic mass is 16.2. The highest BCUT2D eigenvalue weighted by Crippen LogP contribution is 2.24. The maximum atomic E-state index is 12.2. The summed E-state index contributed by atoms with van der Waals surface area (Å²) in [6.45, 7) is 5.79. The van der Waals surface area contributed by atoms with Crippen LogP contribution in [0.4, 0.5) is 0 Å². The molecule has 3 nitrogen and oxygen atoms in total. The fourth-order valence-corrected chi connectivity index (χ4v) is 3.69. The molecule has 0 unspecified atom stereocenters. The molecule has 0 aromatic rings. The van der Waals surface area contributed by atoms with E-state index in [-0.39, 0.29) is 5.91 Å². The van der Waals surface area contributed by atoms with E-state index in [0.29, 0.717) is 18.6 Å². The molecule has 2 aliphatic rings. The fraction of sp³-hybridized carbons (Fsp3) is 0.833. The van der Waals surface area contributed by atoms with Gasteiger partial charge in [-0.2, -0.15) is 0 Å². The summed E-state index contributed by atoms with van der Waals surface area (Å²) in [6, 6.07) is 1.08. The molecular weight excluding hydrogens is 260 g/mol. The molecule has 2 aliphatic carbocycles. The minimum absolute atomic E-state index is 0.201. The second-order valence-corrected chi connectivity index (χ2v) is 6.91. The molecule has 1 fully saturated rings. The van der Waals surface area contributed by atoms with Crippen molar-refractivity contribution in [2.75, 3.05) is 13.1 Å². The van der Waals surface area contributed by atoms with Crippen molar-refractivity contribution in [1.29, 1.82) is 0 Å². The monoisotopic (exact) mass is 292 g/mol. The van der Waals surface area contributed by atoms with E-state index >= 15 is 0 Å². The molecule has 0 bridgehead atoms. The van der Waals surface area contributed by atoms with Gasteiger partial charge in [0.1, 0.15) is 0 Å². The fourth-order valence-electron chi connectivity index (χ4n) is 3.69. The summed E-state index contributed by atoms with van der Waals surface area (Å²) < 4.78 is 0. The molecule has 0 aromatic heterocycles. The zero-order chi connectivity index (χ0) is 15.1. The van der Waals surface area contributed by atoms with Crippen LogP contribution in [-0.4, -0.2) is 36.0 Å². The molecule has 1 saturated carbocycles. The number of amides is 1. The first-order valence-electron chi connectivity index (χ1n) is 8.87. The lowest BCUT2D eigenvalue weighted by atomic mass is 9.97. The Balaban J connectivity index is 1.70. The molecule has 2 rings (SSSR count). The van der Waals surface area contributed by atoms with Crippen LogP contribution in [0.3, 0.4) is 0 Å². The minimum Gasteiger partial charge on any atom is -0.355 e. The van der Waals surface area contributed by atoms with Gasteiger partial charge in [-0.1, -0.05) is 24.5 Å². The van der Waals surface area contributed by atoms with Gasteiger partial charge in [0, 0.05) is 18.6 Å². The predicted molar refractivity (Wildman–Crippen MR) is 88.3 cm³/mol. The van der Waals surface area contributed by atoms with Crippen molar-refractivity contribution in [3.8, 4) is 0 Å². The Morgan fingerprint density at radius 1 is 1.29 bits per heavy atom. The molecule has 0 spiro atoms. The zero-order valence-corrected chi connectivity index (χ0v) is 13.9. The first kappa shape index (κ1) is 16.5. The summed E-state index contributed by atoms with van der Waals surface area (Å²) in [4.78, 5) is 14.6. The first-order chi connectivity index (χ1) is 10.2. The number of rotatable bonds is 7. The Morgan fingerprint density at radius 2 is 2.05 bits per heavy atom. The molecule has 0 radical (unpaired) electrons. The van der Waals surface area contributed by atoms with Crippen LogP contribution in [0.2, 0.25) is 0 Å². The quantitative estimate of drug-likeness (QED) is 0.727. The number of nitrogens with zero attached hydrogens (tertiary/aromatic N) is 1. The second kappa shape index (κ2) is 8.57. The van der Waals surface area contributed by atoms with Crippen molar-refractivity contribution >= 4 is 5.91 Å². The summed E-state index contributed by atoms with van der Waals surface area (Å²) in [5, 5.41) is 3.12. The summed E-state index contributed by atoms with van der Waals surface area (Å²) in [5.74, 6) is 0.201. The first-order valence-corrected chi connectivity index (χ1v) is 8.87. The minimum atomic E-state index is 0.201. The van der Waals surface area contributed by atoms with Crippen molar-refractivity contribution in [3.63, 3.8) is 0 Å². The van der Waals surface area contributed by atoms with Crippen molar-refractivity contribution in [2.24, 2.45) is 0 Å². The summed E-state index contributed by atoms with van der Waals surface area (Å²) in [5.41, 5.74) is 1.54. The van der Waals surface area contributed by atoms with Gasteiger partial charge in [-0.25, -0.2) is 0 Å². The highest BCUT2D eigenvalue weighted by Gasteiger charge is 2.26. The normalized spacial score (nSPS) is 20.1.